The van der Waals surface area contributed by atoms with E-state index in [1.54, 1.807) is 24.3 Å². The van der Waals surface area contributed by atoms with Crippen molar-refractivity contribution >= 4 is 23.6 Å². The second-order valence-electron chi connectivity index (χ2n) is 3.01. The molecule has 3 N–H and O–H groups in total. The number of pyridine rings is 1. The second kappa shape index (κ2) is 3.28. The van der Waals surface area contributed by atoms with Crippen molar-refractivity contribution in [3.8, 4) is 0 Å². The molecule has 0 atom stereocenters. The Bertz CT molecular complexity index is 521. The van der Waals surface area contributed by atoms with Crippen molar-refractivity contribution in [2.75, 3.05) is 0 Å². The maximum Gasteiger partial charge on any atom is 0.505 e. The molecule has 1 aromatic heterocycles. The zero-order valence-electron chi connectivity index (χ0n) is 7.27. The summed E-state index contributed by atoms with van der Waals surface area (Å²) in [5.41, 5.74) is 0.485. The van der Waals surface area contributed by atoms with Crippen molar-refractivity contribution in [1.82, 2.24) is 4.98 Å². The standard InChI is InChI=1S/C9H8BNO3/c12-8-5-9(10(13)14)11-7-4-2-1-3-6(7)8/h1-5,13-14H,(H,11,12). The summed E-state index contributed by atoms with van der Waals surface area (Å²) in [6.07, 6.45) is 0. The molecule has 14 heavy (non-hydrogen) atoms. The summed E-state index contributed by atoms with van der Waals surface area (Å²) >= 11 is 0. The number of hydrogen-bond acceptors (Lipinski definition) is 3. The summed E-state index contributed by atoms with van der Waals surface area (Å²) in [5.74, 6) is 0. The first-order valence-corrected chi connectivity index (χ1v) is 4.16. The van der Waals surface area contributed by atoms with Gasteiger partial charge in [0, 0.05) is 22.6 Å². The van der Waals surface area contributed by atoms with Gasteiger partial charge in [0.1, 0.15) is 0 Å². The molecule has 2 rings (SSSR count). The number of H-pyrrole nitrogens is 1. The SMILES string of the molecule is O=c1cc(B(O)O)[nH]c2ccccc12. The van der Waals surface area contributed by atoms with Gasteiger partial charge in [-0.3, -0.25) is 4.79 Å². The molecule has 2 aromatic rings. The molecular formula is C9H8BNO3. The van der Waals surface area contributed by atoms with Crippen molar-refractivity contribution in [3.63, 3.8) is 0 Å². The first kappa shape index (κ1) is 8.99. The van der Waals surface area contributed by atoms with Crippen LogP contribution < -0.4 is 11.0 Å². The van der Waals surface area contributed by atoms with Crippen LogP contribution in [-0.4, -0.2) is 22.2 Å². The van der Waals surface area contributed by atoms with E-state index in [1.165, 1.54) is 6.07 Å². The van der Waals surface area contributed by atoms with Gasteiger partial charge in [-0.2, -0.15) is 0 Å². The Morgan fingerprint density at radius 3 is 2.64 bits per heavy atom. The van der Waals surface area contributed by atoms with Crippen molar-refractivity contribution in [1.29, 1.82) is 0 Å². The maximum atomic E-state index is 11.5. The van der Waals surface area contributed by atoms with E-state index >= 15 is 0 Å². The van der Waals surface area contributed by atoms with Crippen molar-refractivity contribution in [2.45, 2.75) is 0 Å². The Morgan fingerprint density at radius 2 is 1.93 bits per heavy atom. The van der Waals surface area contributed by atoms with Crippen LogP contribution in [0.2, 0.25) is 0 Å². The van der Waals surface area contributed by atoms with Crippen molar-refractivity contribution < 1.29 is 10.0 Å². The molecule has 0 unspecified atom stereocenters. The lowest BCUT2D eigenvalue weighted by Gasteiger charge is -2.01. The molecule has 0 aliphatic carbocycles. The molecule has 0 saturated carbocycles. The minimum absolute atomic E-state index is 0.105. The average molecular weight is 189 g/mol. The summed E-state index contributed by atoms with van der Waals surface area (Å²) in [6.45, 7) is 0. The van der Waals surface area contributed by atoms with Gasteiger partial charge in [-0.25, -0.2) is 0 Å². The van der Waals surface area contributed by atoms with E-state index in [4.69, 9.17) is 10.0 Å². The molecule has 0 fully saturated rings. The topological polar surface area (TPSA) is 73.3 Å². The quantitative estimate of drug-likeness (QED) is 0.514. The Balaban J connectivity index is 2.79. The van der Waals surface area contributed by atoms with E-state index in [0.29, 0.717) is 10.9 Å². The van der Waals surface area contributed by atoms with Gasteiger partial charge >= 0.3 is 7.12 Å². The van der Waals surface area contributed by atoms with Gasteiger partial charge in [-0.05, 0) is 12.1 Å². The van der Waals surface area contributed by atoms with E-state index in [0.717, 1.165) is 0 Å². The number of aromatic amines is 1. The summed E-state index contributed by atoms with van der Waals surface area (Å²) in [4.78, 5) is 14.2. The van der Waals surface area contributed by atoms with Crippen LogP contribution in [0.15, 0.2) is 35.1 Å². The molecule has 1 heterocycles. The van der Waals surface area contributed by atoms with Crippen LogP contribution in [0, 0.1) is 0 Å². The third kappa shape index (κ3) is 1.43. The highest BCUT2D eigenvalue weighted by Gasteiger charge is 2.13. The third-order valence-electron chi connectivity index (χ3n) is 2.04. The third-order valence-corrected chi connectivity index (χ3v) is 2.04. The molecule has 0 amide bonds. The smallest absolute Gasteiger partial charge is 0.422 e. The fraction of sp³-hybridized carbons (Fsp3) is 0. The normalized spacial score (nSPS) is 10.4. The number of nitrogens with one attached hydrogen (secondary N) is 1. The lowest BCUT2D eigenvalue weighted by Crippen LogP contribution is -2.35. The second-order valence-corrected chi connectivity index (χ2v) is 3.01. The summed E-state index contributed by atoms with van der Waals surface area (Å²) in [5, 5.41) is 18.3. The molecule has 0 spiro atoms. The van der Waals surface area contributed by atoms with E-state index in [9.17, 15) is 4.79 Å². The molecule has 4 nitrogen and oxygen atoms in total. The molecule has 5 heteroatoms. The fourth-order valence-corrected chi connectivity index (χ4v) is 1.36. The van der Waals surface area contributed by atoms with Gasteiger partial charge in [-0.1, -0.05) is 12.1 Å². The minimum atomic E-state index is -1.65. The number of hydrogen-bond donors (Lipinski definition) is 3. The predicted molar refractivity (Wildman–Crippen MR) is 54.4 cm³/mol. The van der Waals surface area contributed by atoms with Crippen molar-refractivity contribution in [2.24, 2.45) is 0 Å². The predicted octanol–water partition coefficient (Wildman–Crippen LogP) is -0.792. The van der Waals surface area contributed by atoms with Crippen LogP contribution in [0.4, 0.5) is 0 Å². The van der Waals surface area contributed by atoms with Crippen LogP contribution in [0.1, 0.15) is 0 Å². The van der Waals surface area contributed by atoms with Crippen LogP contribution in [0.25, 0.3) is 10.9 Å². The first-order valence-electron chi connectivity index (χ1n) is 4.16. The lowest BCUT2D eigenvalue weighted by atomic mass is 9.85. The molecule has 1 aromatic carbocycles. The monoisotopic (exact) mass is 189 g/mol. The van der Waals surface area contributed by atoms with Gasteiger partial charge in [0.05, 0.1) is 0 Å². The first-order chi connectivity index (χ1) is 6.68. The Hall–Kier alpha value is -1.59. The Kier molecular flexibility index (Phi) is 2.11. The van der Waals surface area contributed by atoms with E-state index < -0.39 is 7.12 Å². The van der Waals surface area contributed by atoms with Crippen LogP contribution in [-0.2, 0) is 0 Å². The molecule has 0 bridgehead atoms. The van der Waals surface area contributed by atoms with Crippen LogP contribution in [0.5, 0.6) is 0 Å². The number of fused-ring (bicyclic) bond motifs is 1. The van der Waals surface area contributed by atoms with Gasteiger partial charge < -0.3 is 15.0 Å². The largest absolute Gasteiger partial charge is 0.505 e. The summed E-state index contributed by atoms with van der Waals surface area (Å²) in [6, 6.07) is 8.11. The summed E-state index contributed by atoms with van der Waals surface area (Å²) < 4.78 is 0. The molecule has 0 aliphatic heterocycles. The summed E-state index contributed by atoms with van der Waals surface area (Å²) in [7, 11) is -1.65. The number of benzene rings is 1. The molecule has 0 aliphatic rings. The van der Waals surface area contributed by atoms with E-state index in [1.807, 2.05) is 0 Å². The number of aromatic nitrogens is 1. The van der Waals surface area contributed by atoms with Crippen LogP contribution in [0.3, 0.4) is 0 Å². The molecule has 70 valence electrons. The van der Waals surface area contributed by atoms with Gasteiger partial charge in [0.2, 0.25) is 0 Å². The fourth-order valence-electron chi connectivity index (χ4n) is 1.36. The van der Waals surface area contributed by atoms with E-state index in [-0.39, 0.29) is 11.0 Å². The van der Waals surface area contributed by atoms with Crippen LogP contribution >= 0.6 is 0 Å². The highest BCUT2D eigenvalue weighted by molar-refractivity contribution is 6.57. The highest BCUT2D eigenvalue weighted by Crippen LogP contribution is 2.03. The zero-order chi connectivity index (χ0) is 10.1. The lowest BCUT2D eigenvalue weighted by molar-refractivity contribution is 0.424. The highest BCUT2D eigenvalue weighted by atomic mass is 16.4. The van der Waals surface area contributed by atoms with Gasteiger partial charge in [0.15, 0.2) is 5.43 Å². The molecule has 0 radical (unpaired) electrons. The number of rotatable bonds is 1. The Labute approximate surface area is 80.0 Å². The van der Waals surface area contributed by atoms with Crippen molar-refractivity contribution in [3.05, 3.63) is 40.6 Å². The maximum absolute atomic E-state index is 11.5. The zero-order valence-corrected chi connectivity index (χ0v) is 7.27. The Morgan fingerprint density at radius 1 is 1.21 bits per heavy atom. The van der Waals surface area contributed by atoms with E-state index in [2.05, 4.69) is 4.98 Å². The molecular weight excluding hydrogens is 181 g/mol. The minimum Gasteiger partial charge on any atom is -0.422 e. The van der Waals surface area contributed by atoms with Gasteiger partial charge in [-0.15, -0.1) is 0 Å². The van der Waals surface area contributed by atoms with Gasteiger partial charge in [0.25, 0.3) is 0 Å². The number of para-hydroxylation sites is 1. The average Bonchev–Trinajstić information content (AvgIpc) is 2.17. The molecule has 0 saturated heterocycles.